The van der Waals surface area contributed by atoms with E-state index in [1.54, 1.807) is 0 Å². The van der Waals surface area contributed by atoms with Crippen molar-refractivity contribution in [1.29, 1.82) is 0 Å². The van der Waals surface area contributed by atoms with E-state index in [1.807, 2.05) is 19.3 Å². The Kier molecular flexibility index (Phi) is 4.89. The van der Waals surface area contributed by atoms with Crippen molar-refractivity contribution in [3.8, 4) is 5.75 Å². The summed E-state index contributed by atoms with van der Waals surface area (Å²) < 4.78 is 18.8. The van der Waals surface area contributed by atoms with Crippen molar-refractivity contribution in [2.45, 2.75) is 20.0 Å². The number of nitrogens with two attached hydrogens (primary N) is 1. The predicted molar refractivity (Wildman–Crippen MR) is 65.7 cm³/mol. The molecule has 0 heterocycles. The smallest absolute Gasteiger partial charge is 0.275 e. The number of hydrazine groups is 1. The zero-order valence-corrected chi connectivity index (χ0v) is 11.1. The fraction of sp³-hybridized carbons (Fsp3) is 0.364. The van der Waals surface area contributed by atoms with E-state index in [1.165, 1.54) is 18.2 Å². The monoisotopic (exact) mass is 304 g/mol. The van der Waals surface area contributed by atoms with Crippen LogP contribution in [0.2, 0.25) is 0 Å². The van der Waals surface area contributed by atoms with Crippen LogP contribution in [0.5, 0.6) is 5.75 Å². The van der Waals surface area contributed by atoms with Crippen LogP contribution in [0, 0.1) is 11.7 Å². The van der Waals surface area contributed by atoms with Gasteiger partial charge in [0.2, 0.25) is 0 Å². The number of benzene rings is 1. The molecule has 0 radical (unpaired) electrons. The maximum atomic E-state index is 13.0. The zero-order chi connectivity index (χ0) is 13.0. The molecule has 0 fully saturated rings. The van der Waals surface area contributed by atoms with Crippen LogP contribution in [0.25, 0.3) is 0 Å². The summed E-state index contributed by atoms with van der Waals surface area (Å²) in [5, 5.41) is 0. The van der Waals surface area contributed by atoms with Gasteiger partial charge in [-0.05, 0) is 40.0 Å². The molecule has 1 amide bonds. The Labute approximate surface area is 107 Å². The SMILES string of the molecule is CC(C)C(Oc1ccc(F)c(Br)c1)C(=O)NN. The molecule has 17 heavy (non-hydrogen) atoms. The number of hydrogen-bond acceptors (Lipinski definition) is 3. The average Bonchev–Trinajstić information content (AvgIpc) is 2.29. The van der Waals surface area contributed by atoms with Crippen molar-refractivity contribution in [3.63, 3.8) is 0 Å². The summed E-state index contributed by atoms with van der Waals surface area (Å²) >= 11 is 3.05. The summed E-state index contributed by atoms with van der Waals surface area (Å²) in [6.45, 7) is 3.66. The number of amides is 1. The number of ether oxygens (including phenoxy) is 1. The maximum absolute atomic E-state index is 13.0. The first-order valence-corrected chi connectivity index (χ1v) is 5.87. The quantitative estimate of drug-likeness (QED) is 0.508. The van der Waals surface area contributed by atoms with Crippen LogP contribution in [0.1, 0.15) is 13.8 Å². The summed E-state index contributed by atoms with van der Waals surface area (Å²) in [4.78, 5) is 11.5. The molecule has 1 atom stereocenters. The van der Waals surface area contributed by atoms with E-state index in [2.05, 4.69) is 15.9 Å². The molecule has 6 heteroatoms. The van der Waals surface area contributed by atoms with Gasteiger partial charge in [0.25, 0.3) is 5.91 Å². The minimum absolute atomic E-state index is 0.0534. The highest BCUT2D eigenvalue weighted by Crippen LogP contribution is 2.23. The highest BCUT2D eigenvalue weighted by molar-refractivity contribution is 9.10. The van der Waals surface area contributed by atoms with Crippen LogP contribution in [0.15, 0.2) is 22.7 Å². The second-order valence-electron chi connectivity index (χ2n) is 3.87. The van der Waals surface area contributed by atoms with Gasteiger partial charge in [-0.1, -0.05) is 13.8 Å². The van der Waals surface area contributed by atoms with Crippen LogP contribution in [0.3, 0.4) is 0 Å². The molecule has 4 nitrogen and oxygen atoms in total. The summed E-state index contributed by atoms with van der Waals surface area (Å²) in [5.74, 6) is 4.62. The molecule has 1 rings (SSSR count). The number of halogens is 2. The lowest BCUT2D eigenvalue weighted by Gasteiger charge is -2.20. The first-order chi connectivity index (χ1) is 7.95. The normalized spacial score (nSPS) is 12.4. The molecule has 0 saturated heterocycles. The lowest BCUT2D eigenvalue weighted by Crippen LogP contribution is -2.44. The van der Waals surface area contributed by atoms with Crippen molar-refractivity contribution < 1.29 is 13.9 Å². The molecule has 0 bridgehead atoms. The number of carbonyl (C=O) groups is 1. The van der Waals surface area contributed by atoms with E-state index < -0.39 is 12.0 Å². The molecule has 0 saturated carbocycles. The standard InChI is InChI=1S/C11H14BrFN2O2/c1-6(2)10(11(16)15-14)17-7-3-4-9(13)8(12)5-7/h3-6,10H,14H2,1-2H3,(H,15,16). The van der Waals surface area contributed by atoms with E-state index in [9.17, 15) is 9.18 Å². The van der Waals surface area contributed by atoms with Crippen LogP contribution in [0.4, 0.5) is 4.39 Å². The third-order valence-corrected chi connectivity index (χ3v) is 2.77. The van der Waals surface area contributed by atoms with Gasteiger partial charge in [-0.15, -0.1) is 0 Å². The Morgan fingerprint density at radius 2 is 2.18 bits per heavy atom. The first kappa shape index (κ1) is 13.9. The molecular weight excluding hydrogens is 291 g/mol. The zero-order valence-electron chi connectivity index (χ0n) is 9.54. The third-order valence-electron chi connectivity index (χ3n) is 2.16. The Balaban J connectivity index is 2.86. The summed E-state index contributed by atoms with van der Waals surface area (Å²) in [6, 6.07) is 4.19. The second-order valence-corrected chi connectivity index (χ2v) is 4.72. The average molecular weight is 305 g/mol. The number of rotatable bonds is 4. The van der Waals surface area contributed by atoms with Gasteiger partial charge in [0.1, 0.15) is 11.6 Å². The van der Waals surface area contributed by atoms with Crippen molar-refractivity contribution in [1.82, 2.24) is 5.43 Å². The van der Waals surface area contributed by atoms with Gasteiger partial charge < -0.3 is 4.74 Å². The van der Waals surface area contributed by atoms with E-state index >= 15 is 0 Å². The van der Waals surface area contributed by atoms with Crippen molar-refractivity contribution >= 4 is 21.8 Å². The van der Waals surface area contributed by atoms with Crippen LogP contribution < -0.4 is 16.0 Å². The molecule has 1 unspecified atom stereocenters. The van der Waals surface area contributed by atoms with Gasteiger partial charge >= 0.3 is 0 Å². The second kappa shape index (κ2) is 5.97. The van der Waals surface area contributed by atoms with E-state index in [0.717, 1.165) is 0 Å². The van der Waals surface area contributed by atoms with Gasteiger partial charge in [0, 0.05) is 0 Å². The van der Waals surface area contributed by atoms with Gasteiger partial charge in [-0.3, -0.25) is 10.2 Å². The molecular formula is C11H14BrFN2O2. The number of nitrogens with one attached hydrogen (secondary N) is 1. The van der Waals surface area contributed by atoms with E-state index in [-0.39, 0.29) is 16.2 Å². The van der Waals surface area contributed by atoms with Crippen LogP contribution in [-0.2, 0) is 4.79 Å². The molecule has 0 aliphatic heterocycles. The van der Waals surface area contributed by atoms with E-state index in [4.69, 9.17) is 10.6 Å². The number of carbonyl (C=O) groups excluding carboxylic acids is 1. The van der Waals surface area contributed by atoms with Crippen LogP contribution >= 0.6 is 15.9 Å². The Bertz CT molecular complexity index is 412. The summed E-state index contributed by atoms with van der Waals surface area (Å²) in [6.07, 6.45) is -0.711. The Morgan fingerprint density at radius 1 is 1.53 bits per heavy atom. The fourth-order valence-electron chi connectivity index (χ4n) is 1.27. The topological polar surface area (TPSA) is 64.3 Å². The van der Waals surface area contributed by atoms with Crippen LogP contribution in [-0.4, -0.2) is 12.0 Å². The molecule has 94 valence electrons. The summed E-state index contributed by atoms with van der Waals surface area (Å²) in [7, 11) is 0. The lowest BCUT2D eigenvalue weighted by molar-refractivity contribution is -0.129. The minimum Gasteiger partial charge on any atom is -0.480 e. The van der Waals surface area contributed by atoms with Gasteiger partial charge in [-0.25, -0.2) is 10.2 Å². The number of hydrogen-bond donors (Lipinski definition) is 2. The maximum Gasteiger partial charge on any atom is 0.275 e. The predicted octanol–water partition coefficient (Wildman–Crippen LogP) is 1.98. The Hall–Kier alpha value is -1.14. The molecule has 0 aromatic heterocycles. The molecule has 0 spiro atoms. The Morgan fingerprint density at radius 3 is 2.65 bits per heavy atom. The lowest BCUT2D eigenvalue weighted by atomic mass is 10.1. The minimum atomic E-state index is -0.711. The molecule has 0 aliphatic carbocycles. The van der Waals surface area contributed by atoms with E-state index in [0.29, 0.717) is 5.75 Å². The van der Waals surface area contributed by atoms with Gasteiger partial charge in [0.15, 0.2) is 6.10 Å². The highest BCUT2D eigenvalue weighted by Gasteiger charge is 2.23. The van der Waals surface area contributed by atoms with Crippen molar-refractivity contribution in [2.75, 3.05) is 0 Å². The van der Waals surface area contributed by atoms with Crippen molar-refractivity contribution in [2.24, 2.45) is 11.8 Å². The van der Waals surface area contributed by atoms with Crippen molar-refractivity contribution in [3.05, 3.63) is 28.5 Å². The molecule has 3 N–H and O–H groups in total. The van der Waals surface area contributed by atoms with Gasteiger partial charge in [-0.2, -0.15) is 0 Å². The van der Waals surface area contributed by atoms with Gasteiger partial charge in [0.05, 0.1) is 4.47 Å². The first-order valence-electron chi connectivity index (χ1n) is 5.08. The largest absolute Gasteiger partial charge is 0.480 e. The third kappa shape index (κ3) is 3.67. The molecule has 1 aromatic rings. The highest BCUT2D eigenvalue weighted by atomic mass is 79.9. The summed E-state index contributed by atoms with van der Waals surface area (Å²) in [5.41, 5.74) is 2.04. The molecule has 0 aliphatic rings. The molecule has 1 aromatic carbocycles. The fourth-order valence-corrected chi connectivity index (χ4v) is 1.63.